The van der Waals surface area contributed by atoms with Gasteiger partial charge in [-0.3, -0.25) is 0 Å². The molecular formula is C8H19NO3. The molecule has 0 aliphatic heterocycles. The van der Waals surface area contributed by atoms with Crippen LogP contribution in [0.5, 0.6) is 0 Å². The van der Waals surface area contributed by atoms with Crippen LogP contribution in [0, 0.1) is 0 Å². The number of aliphatic hydroxyl groups excluding tert-OH is 2. The van der Waals surface area contributed by atoms with Gasteiger partial charge in [-0.1, -0.05) is 0 Å². The summed E-state index contributed by atoms with van der Waals surface area (Å²) in [7, 11) is 0. The fraction of sp³-hybridized carbons (Fsp3) is 1.00. The Morgan fingerprint density at radius 3 is 2.58 bits per heavy atom. The Hall–Kier alpha value is -0.160. The highest BCUT2D eigenvalue weighted by atomic mass is 16.5. The van der Waals surface area contributed by atoms with E-state index in [2.05, 4.69) is 5.32 Å². The molecule has 0 heterocycles. The van der Waals surface area contributed by atoms with Crippen molar-refractivity contribution in [3.8, 4) is 0 Å². The van der Waals surface area contributed by atoms with Crippen LogP contribution in [0.4, 0.5) is 0 Å². The van der Waals surface area contributed by atoms with E-state index in [-0.39, 0.29) is 12.7 Å². The Morgan fingerprint density at radius 2 is 2.08 bits per heavy atom. The number of hydrogen-bond acceptors (Lipinski definition) is 4. The van der Waals surface area contributed by atoms with E-state index in [0.717, 1.165) is 0 Å². The lowest BCUT2D eigenvalue weighted by molar-refractivity contribution is 0.0709. The van der Waals surface area contributed by atoms with Gasteiger partial charge in [-0.25, -0.2) is 0 Å². The Bertz CT molecular complexity index is 98.3. The summed E-state index contributed by atoms with van der Waals surface area (Å²) in [6.07, 6.45) is -0.418. The summed E-state index contributed by atoms with van der Waals surface area (Å²) in [4.78, 5) is 0. The summed E-state index contributed by atoms with van der Waals surface area (Å²) in [5.41, 5.74) is 0. The molecule has 0 bridgehead atoms. The molecule has 1 unspecified atom stereocenters. The van der Waals surface area contributed by atoms with Gasteiger partial charge in [0, 0.05) is 13.1 Å². The van der Waals surface area contributed by atoms with E-state index in [9.17, 15) is 0 Å². The number of nitrogens with one attached hydrogen (secondary N) is 1. The molecule has 0 aromatic rings. The van der Waals surface area contributed by atoms with E-state index in [1.54, 1.807) is 0 Å². The fourth-order valence-corrected chi connectivity index (χ4v) is 0.700. The predicted octanol–water partition coefficient (Wildman–Crippen LogP) is -0.646. The lowest BCUT2D eigenvalue weighted by Gasteiger charge is -2.10. The smallest absolute Gasteiger partial charge is 0.0894 e. The van der Waals surface area contributed by atoms with Gasteiger partial charge in [-0.2, -0.15) is 0 Å². The molecule has 0 aromatic carbocycles. The quantitative estimate of drug-likeness (QED) is 0.452. The average molecular weight is 177 g/mol. The Morgan fingerprint density at radius 1 is 1.42 bits per heavy atom. The lowest BCUT2D eigenvalue weighted by atomic mass is 10.4. The first kappa shape index (κ1) is 11.8. The first-order valence-corrected chi connectivity index (χ1v) is 4.28. The highest BCUT2D eigenvalue weighted by Gasteiger charge is 1.99. The van der Waals surface area contributed by atoms with Crippen molar-refractivity contribution in [3.05, 3.63) is 0 Å². The molecule has 0 aliphatic carbocycles. The topological polar surface area (TPSA) is 61.7 Å². The van der Waals surface area contributed by atoms with Crippen LogP contribution in [-0.2, 0) is 4.74 Å². The van der Waals surface area contributed by atoms with Crippen LogP contribution in [0.1, 0.15) is 13.8 Å². The van der Waals surface area contributed by atoms with Crippen LogP contribution < -0.4 is 5.32 Å². The zero-order valence-electron chi connectivity index (χ0n) is 7.79. The van der Waals surface area contributed by atoms with Gasteiger partial charge >= 0.3 is 0 Å². The first-order valence-electron chi connectivity index (χ1n) is 4.28. The van der Waals surface area contributed by atoms with Crippen molar-refractivity contribution in [2.75, 3.05) is 26.3 Å². The third kappa shape index (κ3) is 7.94. The van der Waals surface area contributed by atoms with Crippen LogP contribution in [0.25, 0.3) is 0 Å². The Labute approximate surface area is 73.5 Å². The Balaban J connectivity index is 3.00. The standard InChI is InChI=1S/C8H19NO3/c1-7(2)12-4-3-9-5-8(11)6-10/h7-11H,3-6H2,1-2H3. The molecule has 0 aromatic heterocycles. The van der Waals surface area contributed by atoms with Gasteiger partial charge in [0.2, 0.25) is 0 Å². The number of hydrogen-bond donors (Lipinski definition) is 3. The third-order valence-corrected chi connectivity index (χ3v) is 1.32. The summed E-state index contributed by atoms with van der Waals surface area (Å²) >= 11 is 0. The second-order valence-corrected chi connectivity index (χ2v) is 2.96. The molecule has 1 atom stereocenters. The normalized spacial score (nSPS) is 13.8. The Kier molecular flexibility index (Phi) is 7.39. The van der Waals surface area contributed by atoms with Crippen LogP contribution >= 0.6 is 0 Å². The molecule has 0 fully saturated rings. The molecule has 12 heavy (non-hydrogen) atoms. The van der Waals surface area contributed by atoms with E-state index < -0.39 is 6.10 Å². The maximum atomic E-state index is 8.91. The predicted molar refractivity (Wildman–Crippen MR) is 47.1 cm³/mol. The van der Waals surface area contributed by atoms with Gasteiger partial charge in [0.05, 0.1) is 25.4 Å². The summed E-state index contributed by atoms with van der Waals surface area (Å²) in [5.74, 6) is 0. The molecule has 0 amide bonds. The maximum Gasteiger partial charge on any atom is 0.0894 e. The van der Waals surface area contributed by atoms with Crippen molar-refractivity contribution in [1.82, 2.24) is 5.32 Å². The third-order valence-electron chi connectivity index (χ3n) is 1.32. The van der Waals surface area contributed by atoms with Crippen LogP contribution in [-0.4, -0.2) is 48.7 Å². The molecule has 0 spiro atoms. The van der Waals surface area contributed by atoms with Gasteiger partial charge in [0.1, 0.15) is 0 Å². The van der Waals surface area contributed by atoms with Crippen LogP contribution in [0.15, 0.2) is 0 Å². The van der Waals surface area contributed by atoms with E-state index in [4.69, 9.17) is 14.9 Å². The average Bonchev–Trinajstić information content (AvgIpc) is 2.03. The molecule has 4 heteroatoms. The van der Waals surface area contributed by atoms with Crippen LogP contribution in [0.2, 0.25) is 0 Å². The van der Waals surface area contributed by atoms with Crippen molar-refractivity contribution in [2.45, 2.75) is 26.1 Å². The highest BCUT2D eigenvalue weighted by molar-refractivity contribution is 4.56. The summed E-state index contributed by atoms with van der Waals surface area (Å²) in [6.45, 7) is 5.51. The summed E-state index contributed by atoms with van der Waals surface area (Å²) in [6, 6.07) is 0. The van der Waals surface area contributed by atoms with E-state index in [1.807, 2.05) is 13.8 Å². The van der Waals surface area contributed by atoms with Gasteiger partial charge in [0.25, 0.3) is 0 Å². The van der Waals surface area contributed by atoms with Gasteiger partial charge in [-0.15, -0.1) is 0 Å². The molecule has 0 rings (SSSR count). The zero-order chi connectivity index (χ0) is 9.40. The minimum Gasteiger partial charge on any atom is -0.394 e. The van der Waals surface area contributed by atoms with Crippen molar-refractivity contribution in [1.29, 1.82) is 0 Å². The molecule has 74 valence electrons. The molecule has 3 N–H and O–H groups in total. The summed E-state index contributed by atoms with van der Waals surface area (Å²) < 4.78 is 5.25. The molecule has 0 saturated carbocycles. The number of ether oxygens (including phenoxy) is 1. The van der Waals surface area contributed by atoms with E-state index in [0.29, 0.717) is 19.7 Å². The number of rotatable bonds is 7. The van der Waals surface area contributed by atoms with E-state index >= 15 is 0 Å². The first-order chi connectivity index (χ1) is 5.66. The minimum absolute atomic E-state index is 0.196. The van der Waals surface area contributed by atoms with E-state index in [1.165, 1.54) is 0 Å². The largest absolute Gasteiger partial charge is 0.394 e. The van der Waals surface area contributed by atoms with Crippen molar-refractivity contribution < 1.29 is 14.9 Å². The molecule has 4 nitrogen and oxygen atoms in total. The van der Waals surface area contributed by atoms with Crippen molar-refractivity contribution >= 4 is 0 Å². The van der Waals surface area contributed by atoms with Crippen LogP contribution in [0.3, 0.4) is 0 Å². The minimum atomic E-state index is -0.663. The maximum absolute atomic E-state index is 8.91. The molecular weight excluding hydrogens is 158 g/mol. The molecule has 0 saturated heterocycles. The molecule has 0 radical (unpaired) electrons. The van der Waals surface area contributed by atoms with Gasteiger partial charge in [0.15, 0.2) is 0 Å². The highest BCUT2D eigenvalue weighted by Crippen LogP contribution is 1.85. The summed E-state index contributed by atoms with van der Waals surface area (Å²) in [5, 5.41) is 20.3. The van der Waals surface area contributed by atoms with Gasteiger partial charge in [-0.05, 0) is 13.8 Å². The zero-order valence-corrected chi connectivity index (χ0v) is 7.79. The SMILES string of the molecule is CC(C)OCCNCC(O)CO. The van der Waals surface area contributed by atoms with Crippen molar-refractivity contribution in [3.63, 3.8) is 0 Å². The fourth-order valence-electron chi connectivity index (χ4n) is 0.700. The van der Waals surface area contributed by atoms with Gasteiger partial charge < -0.3 is 20.3 Å². The van der Waals surface area contributed by atoms with Crippen molar-refractivity contribution in [2.24, 2.45) is 0 Å². The lowest BCUT2D eigenvalue weighted by Crippen LogP contribution is -2.31. The number of aliphatic hydroxyl groups is 2. The monoisotopic (exact) mass is 177 g/mol. The second kappa shape index (κ2) is 7.49. The second-order valence-electron chi connectivity index (χ2n) is 2.96. The molecule has 0 aliphatic rings.